The molecular weight excluding hydrogens is 386 g/mol. The largest absolute Gasteiger partial charge is 0.497 e. The molecule has 1 aliphatic rings. The molecular formula is C22H27N3O3S. The van der Waals surface area contributed by atoms with Crippen molar-refractivity contribution < 1.29 is 14.3 Å². The minimum atomic E-state index is 0.00400. The van der Waals surface area contributed by atoms with Crippen LogP contribution in [0.4, 0.5) is 0 Å². The molecule has 1 aromatic heterocycles. The van der Waals surface area contributed by atoms with Crippen molar-refractivity contribution in [2.75, 3.05) is 32.5 Å². The summed E-state index contributed by atoms with van der Waals surface area (Å²) in [6.45, 7) is 2.09. The van der Waals surface area contributed by atoms with Crippen LogP contribution in [0.1, 0.15) is 18.4 Å². The Kier molecular flexibility index (Phi) is 7.93. The van der Waals surface area contributed by atoms with Gasteiger partial charge < -0.3 is 15.0 Å². The first kappa shape index (κ1) is 21.2. The second-order valence-corrected chi connectivity index (χ2v) is 8.13. The van der Waals surface area contributed by atoms with Gasteiger partial charge in [0.25, 0.3) is 0 Å². The fourth-order valence-electron chi connectivity index (χ4n) is 3.37. The van der Waals surface area contributed by atoms with Crippen LogP contribution in [-0.2, 0) is 16.0 Å². The predicted octanol–water partition coefficient (Wildman–Crippen LogP) is 2.78. The Balaban J connectivity index is 1.40. The smallest absolute Gasteiger partial charge is 0.232 e. The number of ether oxygens (including phenoxy) is 1. The molecule has 2 amide bonds. The third-order valence-electron chi connectivity index (χ3n) is 4.96. The lowest BCUT2D eigenvalue weighted by molar-refractivity contribution is -0.130. The lowest BCUT2D eigenvalue weighted by Gasteiger charge is -2.32. The van der Waals surface area contributed by atoms with E-state index in [4.69, 9.17) is 4.74 Å². The maximum atomic E-state index is 12.5. The number of hydrogen-bond donors (Lipinski definition) is 1. The SMILES string of the molecule is COc1ccc(CC(=O)NC[C@@H]2CCCN(C(=O)CSc3ccccn3)C2)cc1. The quantitative estimate of drug-likeness (QED) is 0.674. The van der Waals surface area contributed by atoms with Crippen LogP contribution in [0.5, 0.6) is 5.75 Å². The van der Waals surface area contributed by atoms with Crippen LogP contribution in [0.2, 0.25) is 0 Å². The summed E-state index contributed by atoms with van der Waals surface area (Å²) in [4.78, 5) is 30.9. The molecule has 0 bridgehead atoms. The number of carbonyl (C=O) groups excluding carboxylic acids is 2. The third-order valence-corrected chi connectivity index (χ3v) is 5.89. The number of pyridine rings is 1. The summed E-state index contributed by atoms with van der Waals surface area (Å²) < 4.78 is 5.14. The first-order valence-electron chi connectivity index (χ1n) is 9.85. The molecule has 0 radical (unpaired) electrons. The van der Waals surface area contributed by atoms with Gasteiger partial charge in [-0.25, -0.2) is 4.98 Å². The molecule has 0 unspecified atom stereocenters. The maximum Gasteiger partial charge on any atom is 0.232 e. The van der Waals surface area contributed by atoms with Crippen molar-refractivity contribution in [3.05, 3.63) is 54.2 Å². The van der Waals surface area contributed by atoms with Gasteiger partial charge in [0.2, 0.25) is 11.8 Å². The minimum absolute atomic E-state index is 0.00400. The van der Waals surface area contributed by atoms with Gasteiger partial charge in [0, 0.05) is 25.8 Å². The second-order valence-electron chi connectivity index (χ2n) is 7.13. The summed E-state index contributed by atoms with van der Waals surface area (Å²) in [6.07, 6.45) is 4.08. The highest BCUT2D eigenvalue weighted by molar-refractivity contribution is 7.99. The molecule has 1 N–H and O–H groups in total. The molecule has 3 rings (SSSR count). The summed E-state index contributed by atoms with van der Waals surface area (Å²) in [5, 5.41) is 3.88. The van der Waals surface area contributed by atoms with Gasteiger partial charge in [-0.2, -0.15) is 0 Å². The highest BCUT2D eigenvalue weighted by atomic mass is 32.2. The third kappa shape index (κ3) is 6.78. The van der Waals surface area contributed by atoms with Gasteiger partial charge in [-0.1, -0.05) is 30.0 Å². The molecule has 29 heavy (non-hydrogen) atoms. The molecule has 0 spiro atoms. The number of hydrogen-bond acceptors (Lipinski definition) is 5. The monoisotopic (exact) mass is 413 g/mol. The number of aromatic nitrogens is 1. The Bertz CT molecular complexity index is 799. The van der Waals surface area contributed by atoms with Crippen LogP contribution in [0.3, 0.4) is 0 Å². The Labute approximate surface area is 176 Å². The van der Waals surface area contributed by atoms with Crippen LogP contribution < -0.4 is 10.1 Å². The van der Waals surface area contributed by atoms with E-state index < -0.39 is 0 Å². The van der Waals surface area contributed by atoms with E-state index in [2.05, 4.69) is 10.3 Å². The number of likely N-dealkylation sites (tertiary alicyclic amines) is 1. The zero-order valence-electron chi connectivity index (χ0n) is 16.7. The van der Waals surface area contributed by atoms with Crippen molar-refractivity contribution in [1.82, 2.24) is 15.2 Å². The average molecular weight is 414 g/mol. The van der Waals surface area contributed by atoms with Crippen molar-refractivity contribution >= 4 is 23.6 Å². The lowest BCUT2D eigenvalue weighted by Crippen LogP contribution is -2.44. The molecule has 2 aromatic rings. The average Bonchev–Trinajstić information content (AvgIpc) is 2.77. The minimum Gasteiger partial charge on any atom is -0.497 e. The molecule has 1 aliphatic heterocycles. The number of methoxy groups -OCH3 is 1. The summed E-state index contributed by atoms with van der Waals surface area (Å²) in [5.41, 5.74) is 0.954. The number of benzene rings is 1. The molecule has 1 atom stereocenters. The van der Waals surface area contributed by atoms with E-state index in [1.807, 2.05) is 47.4 Å². The Morgan fingerprint density at radius 1 is 1.24 bits per heavy atom. The van der Waals surface area contributed by atoms with Gasteiger partial charge in [0.05, 0.1) is 24.3 Å². The fraction of sp³-hybridized carbons (Fsp3) is 0.409. The first-order chi connectivity index (χ1) is 14.1. The summed E-state index contributed by atoms with van der Waals surface area (Å²) >= 11 is 1.46. The standard InChI is InChI=1S/C22H27N3O3S/c1-28-19-9-7-17(8-10-19)13-20(26)24-14-18-5-4-12-25(15-18)22(27)16-29-21-6-2-3-11-23-21/h2-3,6-11,18H,4-5,12-16H2,1H3,(H,24,26)/t18-/m0/s1. The van der Waals surface area contributed by atoms with E-state index >= 15 is 0 Å². The van der Waals surface area contributed by atoms with E-state index in [0.29, 0.717) is 31.2 Å². The van der Waals surface area contributed by atoms with E-state index in [1.54, 1.807) is 13.3 Å². The molecule has 0 saturated carbocycles. The molecule has 2 heterocycles. The lowest BCUT2D eigenvalue weighted by atomic mass is 9.98. The van der Waals surface area contributed by atoms with Gasteiger partial charge in [-0.15, -0.1) is 0 Å². The summed E-state index contributed by atoms with van der Waals surface area (Å²) in [7, 11) is 1.62. The van der Waals surface area contributed by atoms with Gasteiger partial charge in [-0.3, -0.25) is 9.59 Å². The molecule has 1 aromatic carbocycles. The van der Waals surface area contributed by atoms with E-state index in [0.717, 1.165) is 35.7 Å². The first-order valence-corrected chi connectivity index (χ1v) is 10.8. The highest BCUT2D eigenvalue weighted by Gasteiger charge is 2.24. The number of thioether (sulfide) groups is 1. The predicted molar refractivity (Wildman–Crippen MR) is 114 cm³/mol. The second kappa shape index (κ2) is 10.9. The van der Waals surface area contributed by atoms with Crippen LogP contribution >= 0.6 is 11.8 Å². The van der Waals surface area contributed by atoms with Crippen molar-refractivity contribution in [3.8, 4) is 5.75 Å². The molecule has 6 nitrogen and oxygen atoms in total. The molecule has 154 valence electrons. The molecule has 1 fully saturated rings. The van der Waals surface area contributed by atoms with Crippen LogP contribution in [0, 0.1) is 5.92 Å². The van der Waals surface area contributed by atoms with Crippen molar-refractivity contribution in [3.63, 3.8) is 0 Å². The van der Waals surface area contributed by atoms with Crippen molar-refractivity contribution in [2.24, 2.45) is 5.92 Å². The number of nitrogens with one attached hydrogen (secondary N) is 1. The van der Waals surface area contributed by atoms with Crippen LogP contribution in [0.15, 0.2) is 53.7 Å². The van der Waals surface area contributed by atoms with Crippen molar-refractivity contribution in [2.45, 2.75) is 24.3 Å². The number of rotatable bonds is 8. The van der Waals surface area contributed by atoms with Crippen LogP contribution in [0.25, 0.3) is 0 Å². The topological polar surface area (TPSA) is 71.5 Å². The van der Waals surface area contributed by atoms with Gasteiger partial charge >= 0.3 is 0 Å². The number of piperidine rings is 1. The van der Waals surface area contributed by atoms with E-state index in [9.17, 15) is 9.59 Å². The van der Waals surface area contributed by atoms with Crippen molar-refractivity contribution in [1.29, 1.82) is 0 Å². The molecule has 1 saturated heterocycles. The molecule has 0 aliphatic carbocycles. The van der Waals surface area contributed by atoms with Gasteiger partial charge in [0.15, 0.2) is 0 Å². The highest BCUT2D eigenvalue weighted by Crippen LogP contribution is 2.19. The fourth-order valence-corrected chi connectivity index (χ4v) is 4.13. The summed E-state index contributed by atoms with van der Waals surface area (Å²) in [5.74, 6) is 1.61. The van der Waals surface area contributed by atoms with Crippen LogP contribution in [-0.4, -0.2) is 54.2 Å². The number of carbonyl (C=O) groups is 2. The van der Waals surface area contributed by atoms with Gasteiger partial charge in [-0.05, 0) is 48.6 Å². The molecule has 7 heteroatoms. The van der Waals surface area contributed by atoms with E-state index in [-0.39, 0.29) is 11.8 Å². The van der Waals surface area contributed by atoms with Gasteiger partial charge in [0.1, 0.15) is 5.75 Å². The Morgan fingerprint density at radius 2 is 2.07 bits per heavy atom. The Hall–Kier alpha value is -2.54. The number of nitrogens with zero attached hydrogens (tertiary/aromatic N) is 2. The maximum absolute atomic E-state index is 12.5. The zero-order valence-corrected chi connectivity index (χ0v) is 17.5. The zero-order chi connectivity index (χ0) is 20.5. The van der Waals surface area contributed by atoms with E-state index in [1.165, 1.54) is 11.8 Å². The Morgan fingerprint density at radius 3 is 2.79 bits per heavy atom. The number of amides is 2. The summed E-state index contributed by atoms with van der Waals surface area (Å²) in [6, 6.07) is 13.2. The normalized spacial score (nSPS) is 16.3.